The average Bonchev–Trinajstić information content (AvgIpc) is 3.12. The van der Waals surface area contributed by atoms with E-state index in [0.29, 0.717) is 35.9 Å². The lowest BCUT2D eigenvalue weighted by Crippen LogP contribution is -2.39. The molecule has 4 rings (SSSR count). The molecule has 6 nitrogen and oxygen atoms in total. The van der Waals surface area contributed by atoms with Gasteiger partial charge in [-0.1, -0.05) is 24.3 Å². The minimum atomic E-state index is -3.54. The largest absolute Gasteiger partial charge is 0.316 e. The van der Waals surface area contributed by atoms with E-state index in [9.17, 15) is 13.2 Å². The van der Waals surface area contributed by atoms with Gasteiger partial charge in [-0.3, -0.25) is 4.79 Å². The van der Waals surface area contributed by atoms with Gasteiger partial charge in [0.2, 0.25) is 10.0 Å². The van der Waals surface area contributed by atoms with Gasteiger partial charge < -0.3 is 4.57 Å². The van der Waals surface area contributed by atoms with Crippen LogP contribution in [-0.4, -0.2) is 36.3 Å². The Bertz CT molecular complexity index is 1290. The summed E-state index contributed by atoms with van der Waals surface area (Å²) in [6, 6.07) is 12.0. The van der Waals surface area contributed by atoms with Crippen LogP contribution in [0.15, 0.2) is 56.8 Å². The molecule has 1 amide bonds. The molecule has 0 aliphatic carbocycles. The molecule has 2 aromatic carbocycles. The predicted molar refractivity (Wildman–Crippen MR) is 127 cm³/mol. The van der Waals surface area contributed by atoms with Crippen LogP contribution in [-0.2, 0) is 16.6 Å². The second-order valence-corrected chi connectivity index (χ2v) is 11.6. The number of aromatic nitrogens is 1. The molecule has 9 heteroatoms. The van der Waals surface area contributed by atoms with Crippen molar-refractivity contribution in [3.63, 3.8) is 0 Å². The normalized spacial score (nSPS) is 18.5. The molecule has 0 N–H and O–H groups in total. The number of benzene rings is 2. The minimum Gasteiger partial charge on any atom is -0.316 e. The Balaban J connectivity index is 1.64. The highest BCUT2D eigenvalue weighted by Gasteiger charge is 2.28. The van der Waals surface area contributed by atoms with E-state index in [4.69, 9.17) is 0 Å². The van der Waals surface area contributed by atoms with E-state index in [0.717, 1.165) is 27.5 Å². The zero-order valence-corrected chi connectivity index (χ0v) is 20.6. The Morgan fingerprint density at radius 1 is 1.23 bits per heavy atom. The number of piperidine rings is 1. The zero-order valence-electron chi connectivity index (χ0n) is 17.4. The van der Waals surface area contributed by atoms with E-state index in [1.165, 1.54) is 23.5 Å². The third-order valence-corrected chi connectivity index (χ3v) is 9.09. The summed E-state index contributed by atoms with van der Waals surface area (Å²) in [7, 11) is -3.54. The number of fused-ring (bicyclic) bond motifs is 1. The third-order valence-electron chi connectivity index (χ3n) is 5.52. The Labute approximate surface area is 194 Å². The van der Waals surface area contributed by atoms with Gasteiger partial charge in [0.25, 0.3) is 5.91 Å². The number of carbonyl (C=O) groups is 1. The van der Waals surface area contributed by atoms with Crippen molar-refractivity contribution in [1.82, 2.24) is 8.87 Å². The van der Waals surface area contributed by atoms with Crippen molar-refractivity contribution in [2.45, 2.75) is 38.1 Å². The van der Waals surface area contributed by atoms with Crippen LogP contribution in [0, 0.1) is 5.92 Å². The Kier molecular flexibility index (Phi) is 6.48. The molecule has 3 aromatic rings. The number of thiazole rings is 1. The maximum atomic E-state index is 12.9. The van der Waals surface area contributed by atoms with Gasteiger partial charge >= 0.3 is 0 Å². The van der Waals surface area contributed by atoms with Crippen molar-refractivity contribution in [3.8, 4) is 0 Å². The van der Waals surface area contributed by atoms with Gasteiger partial charge in [-0.2, -0.15) is 9.30 Å². The van der Waals surface area contributed by atoms with Crippen molar-refractivity contribution in [2.24, 2.45) is 10.9 Å². The first-order valence-electron chi connectivity index (χ1n) is 10.3. The number of para-hydroxylation sites is 1. The van der Waals surface area contributed by atoms with Gasteiger partial charge in [0, 0.05) is 29.7 Å². The highest BCUT2D eigenvalue weighted by Crippen LogP contribution is 2.26. The van der Waals surface area contributed by atoms with Crippen molar-refractivity contribution in [3.05, 3.63) is 57.3 Å². The summed E-state index contributed by atoms with van der Waals surface area (Å²) < 4.78 is 31.4. The van der Waals surface area contributed by atoms with Gasteiger partial charge in [-0.05, 0) is 78.0 Å². The molecule has 0 bridgehead atoms. The molecule has 0 saturated carbocycles. The van der Waals surface area contributed by atoms with Crippen LogP contribution < -0.4 is 4.80 Å². The second kappa shape index (κ2) is 8.97. The molecule has 0 radical (unpaired) electrons. The first-order valence-corrected chi connectivity index (χ1v) is 13.3. The Morgan fingerprint density at radius 2 is 1.97 bits per heavy atom. The first kappa shape index (κ1) is 22.4. The maximum Gasteiger partial charge on any atom is 0.279 e. The minimum absolute atomic E-state index is 0.215. The van der Waals surface area contributed by atoms with Crippen LogP contribution in [0.25, 0.3) is 10.2 Å². The lowest BCUT2D eigenvalue weighted by molar-refractivity contribution is 0.0997. The fourth-order valence-corrected chi connectivity index (χ4v) is 7.33. The predicted octanol–water partition coefficient (Wildman–Crippen LogP) is 4.65. The van der Waals surface area contributed by atoms with Crippen molar-refractivity contribution in [2.75, 3.05) is 13.1 Å². The van der Waals surface area contributed by atoms with E-state index in [-0.39, 0.29) is 10.8 Å². The molecule has 1 fully saturated rings. The molecule has 31 heavy (non-hydrogen) atoms. The summed E-state index contributed by atoms with van der Waals surface area (Å²) in [5.74, 6) is -0.0322. The van der Waals surface area contributed by atoms with Crippen LogP contribution in [0.3, 0.4) is 0 Å². The van der Waals surface area contributed by atoms with E-state index in [2.05, 4.69) is 27.8 Å². The van der Waals surface area contributed by atoms with Crippen molar-refractivity contribution < 1.29 is 13.2 Å². The number of hydrogen-bond donors (Lipinski definition) is 0. The number of aryl methyl sites for hydroxylation is 1. The SMILES string of the molecule is CCn1c(=NC(=O)c2ccc(S(=O)(=O)N3CCCC(C)C3)cc2)sc2cccc(Br)c21. The Hall–Kier alpha value is -1.81. The summed E-state index contributed by atoms with van der Waals surface area (Å²) in [5.41, 5.74) is 1.38. The van der Waals surface area contributed by atoms with Gasteiger partial charge in [-0.25, -0.2) is 8.42 Å². The highest BCUT2D eigenvalue weighted by molar-refractivity contribution is 9.10. The molecular formula is C22H24BrN3O3S2. The van der Waals surface area contributed by atoms with Crippen LogP contribution in [0.1, 0.15) is 37.0 Å². The Morgan fingerprint density at radius 3 is 2.65 bits per heavy atom. The molecule has 0 spiro atoms. The molecule has 1 aliphatic heterocycles. The molecule has 1 saturated heterocycles. The standard InChI is InChI=1S/C22H24BrN3O3S2/c1-3-26-20-18(23)7-4-8-19(20)30-22(26)24-21(27)16-9-11-17(12-10-16)31(28,29)25-13-5-6-15(2)14-25/h4,7-12,15H,3,5-6,13-14H2,1-2H3. The lowest BCUT2D eigenvalue weighted by atomic mass is 10.0. The van der Waals surface area contributed by atoms with E-state index in [1.54, 1.807) is 16.4 Å². The number of carbonyl (C=O) groups excluding carboxylic acids is 1. The number of sulfonamides is 1. The molecule has 1 atom stereocenters. The zero-order chi connectivity index (χ0) is 22.2. The highest BCUT2D eigenvalue weighted by atomic mass is 79.9. The van der Waals surface area contributed by atoms with Gasteiger partial charge in [-0.15, -0.1) is 0 Å². The molecule has 1 aromatic heterocycles. The van der Waals surface area contributed by atoms with Crippen molar-refractivity contribution >= 4 is 53.4 Å². The average molecular weight is 522 g/mol. The summed E-state index contributed by atoms with van der Waals surface area (Å²) in [4.78, 5) is 18.0. The molecule has 1 unspecified atom stereocenters. The monoisotopic (exact) mass is 521 g/mol. The number of amides is 1. The summed E-state index contributed by atoms with van der Waals surface area (Å²) in [5, 5.41) is 0. The summed E-state index contributed by atoms with van der Waals surface area (Å²) in [6.07, 6.45) is 1.92. The molecule has 164 valence electrons. The van der Waals surface area contributed by atoms with E-state index >= 15 is 0 Å². The van der Waals surface area contributed by atoms with Crippen LogP contribution in [0.2, 0.25) is 0 Å². The topological polar surface area (TPSA) is 71.7 Å². The first-order chi connectivity index (χ1) is 14.8. The quantitative estimate of drug-likeness (QED) is 0.501. The number of hydrogen-bond acceptors (Lipinski definition) is 4. The van der Waals surface area contributed by atoms with Gasteiger partial charge in [0.05, 0.1) is 15.1 Å². The molecule has 2 heterocycles. The number of halogens is 1. The maximum absolute atomic E-state index is 12.9. The number of rotatable bonds is 4. The fraction of sp³-hybridized carbons (Fsp3) is 0.364. The van der Waals surface area contributed by atoms with Gasteiger partial charge in [0.1, 0.15) is 0 Å². The smallest absolute Gasteiger partial charge is 0.279 e. The summed E-state index contributed by atoms with van der Waals surface area (Å²) >= 11 is 5.03. The van der Waals surface area contributed by atoms with Crippen LogP contribution >= 0.6 is 27.3 Å². The lowest BCUT2D eigenvalue weighted by Gasteiger charge is -2.30. The van der Waals surface area contributed by atoms with Crippen molar-refractivity contribution in [1.29, 1.82) is 0 Å². The third kappa shape index (κ3) is 4.41. The molecule has 1 aliphatic rings. The van der Waals surface area contributed by atoms with E-state index in [1.807, 2.05) is 29.7 Å². The number of nitrogens with zero attached hydrogens (tertiary/aromatic N) is 3. The second-order valence-electron chi connectivity index (χ2n) is 7.77. The van der Waals surface area contributed by atoms with E-state index < -0.39 is 10.0 Å². The fourth-order valence-electron chi connectivity index (χ4n) is 3.90. The van der Waals surface area contributed by atoms with Crippen LogP contribution in [0.4, 0.5) is 0 Å². The molecular weight excluding hydrogens is 498 g/mol. The van der Waals surface area contributed by atoms with Gasteiger partial charge in [0.15, 0.2) is 4.80 Å². The van der Waals surface area contributed by atoms with Crippen LogP contribution in [0.5, 0.6) is 0 Å². The summed E-state index contributed by atoms with van der Waals surface area (Å²) in [6.45, 7) is 5.84.